The highest BCUT2D eigenvalue weighted by Crippen LogP contribution is 1.80. The zero-order valence-corrected chi connectivity index (χ0v) is 7.24. The molecule has 0 fully saturated rings. The minimum absolute atomic E-state index is 0.659. The van der Waals surface area contributed by atoms with E-state index >= 15 is 0 Å². The largest absolute Gasteiger partial charge is 0.350 e. The molecule has 0 aromatic heterocycles. The second-order valence-corrected chi connectivity index (χ2v) is 2.11. The summed E-state index contributed by atoms with van der Waals surface area (Å²) in [5.74, 6) is 0. The normalized spacial score (nSPS) is 12.7. The molecule has 0 saturated carbocycles. The van der Waals surface area contributed by atoms with E-state index in [1.54, 1.807) is 13.0 Å². The van der Waals surface area contributed by atoms with Crippen LogP contribution in [0.4, 0.5) is 4.79 Å². The number of amides is 2. The topological polar surface area (TPSA) is 67.5 Å². The Balaban J connectivity index is 3.93. The number of rotatable bonds is 3. The first-order valence-corrected chi connectivity index (χ1v) is 3.56. The summed E-state index contributed by atoms with van der Waals surface area (Å²) in [5.41, 5.74) is 7.61. The zero-order chi connectivity index (χ0) is 9.40. The number of nitrogens with zero attached hydrogens (tertiary/aromatic N) is 1. The van der Waals surface area contributed by atoms with Gasteiger partial charge in [0, 0.05) is 0 Å². The van der Waals surface area contributed by atoms with Gasteiger partial charge in [0.2, 0.25) is 0 Å². The maximum absolute atomic E-state index is 10.2. The lowest BCUT2D eigenvalue weighted by Crippen LogP contribution is -2.25. The van der Waals surface area contributed by atoms with Crippen molar-refractivity contribution in [3.05, 3.63) is 24.3 Å². The van der Waals surface area contributed by atoms with Crippen LogP contribution < -0.4 is 11.2 Å². The molecule has 4 heteroatoms. The third kappa shape index (κ3) is 6.54. The van der Waals surface area contributed by atoms with Crippen molar-refractivity contribution in [2.75, 3.05) is 0 Å². The fourth-order valence-electron chi connectivity index (χ4n) is 0.486. The monoisotopic (exact) mass is 167 g/mol. The van der Waals surface area contributed by atoms with Gasteiger partial charge in [-0.25, -0.2) is 10.2 Å². The molecule has 0 unspecified atom stereocenters. The molecule has 0 aromatic carbocycles. The third-order valence-electron chi connectivity index (χ3n) is 0.983. The van der Waals surface area contributed by atoms with Crippen molar-refractivity contribution in [3.8, 4) is 0 Å². The summed E-state index contributed by atoms with van der Waals surface area (Å²) in [7, 11) is 0. The number of nitrogens with one attached hydrogen (secondary N) is 1. The Morgan fingerprint density at radius 1 is 1.50 bits per heavy atom. The number of nitrogens with two attached hydrogens (primary N) is 1. The van der Waals surface area contributed by atoms with Crippen LogP contribution in [0.5, 0.6) is 0 Å². The number of carbonyl (C=O) groups excluding carboxylic acids is 1. The maximum Gasteiger partial charge on any atom is 0.332 e. The molecule has 4 nitrogen and oxygen atoms in total. The standard InChI is InChI=1S/C8H13N3O/c1-3-4-5-6-7(2)10-11-8(9)12/h3-6H,1-2H3,(H3,9,11,12)/b4-3+,6-5+,10-7+. The molecular formula is C8H13N3O. The molecule has 66 valence electrons. The molecule has 0 saturated heterocycles. The first-order valence-electron chi connectivity index (χ1n) is 3.56. The smallest absolute Gasteiger partial charge is 0.332 e. The Bertz CT molecular complexity index is 228. The molecule has 2 amide bonds. The van der Waals surface area contributed by atoms with Crippen molar-refractivity contribution < 1.29 is 4.79 Å². The van der Waals surface area contributed by atoms with Crippen LogP contribution >= 0.6 is 0 Å². The fraction of sp³-hybridized carbons (Fsp3) is 0.250. The number of carbonyl (C=O) groups is 1. The Morgan fingerprint density at radius 2 is 2.17 bits per heavy atom. The van der Waals surface area contributed by atoms with Gasteiger partial charge in [0.1, 0.15) is 0 Å². The molecule has 0 rings (SSSR count). The van der Waals surface area contributed by atoms with Crippen LogP contribution in [-0.2, 0) is 0 Å². The SMILES string of the molecule is C/C=C/C=C/C(C)=N/NC(N)=O. The molecule has 0 aliphatic heterocycles. The van der Waals surface area contributed by atoms with E-state index in [0.717, 1.165) is 0 Å². The van der Waals surface area contributed by atoms with Gasteiger partial charge in [-0.1, -0.05) is 18.2 Å². The fourth-order valence-corrected chi connectivity index (χ4v) is 0.486. The average Bonchev–Trinajstić information content (AvgIpc) is 2.01. The van der Waals surface area contributed by atoms with E-state index in [2.05, 4.69) is 10.5 Å². The van der Waals surface area contributed by atoms with Gasteiger partial charge < -0.3 is 5.73 Å². The van der Waals surface area contributed by atoms with Gasteiger partial charge in [-0.2, -0.15) is 5.10 Å². The molecule has 12 heavy (non-hydrogen) atoms. The van der Waals surface area contributed by atoms with Gasteiger partial charge in [0.25, 0.3) is 0 Å². The Hall–Kier alpha value is -1.58. The number of primary amides is 1. The average molecular weight is 167 g/mol. The van der Waals surface area contributed by atoms with Crippen LogP contribution in [0, 0.1) is 0 Å². The predicted octanol–water partition coefficient (Wildman–Crippen LogP) is 1.16. The summed E-state index contributed by atoms with van der Waals surface area (Å²) < 4.78 is 0. The van der Waals surface area contributed by atoms with Crippen molar-refractivity contribution in [3.63, 3.8) is 0 Å². The van der Waals surface area contributed by atoms with Gasteiger partial charge in [0.15, 0.2) is 0 Å². The Kier molecular flexibility index (Phi) is 5.34. The van der Waals surface area contributed by atoms with Crippen molar-refractivity contribution >= 4 is 11.7 Å². The van der Waals surface area contributed by atoms with E-state index in [1.807, 2.05) is 25.2 Å². The first-order chi connectivity index (χ1) is 5.66. The maximum atomic E-state index is 10.2. The van der Waals surface area contributed by atoms with E-state index in [-0.39, 0.29) is 0 Å². The third-order valence-corrected chi connectivity index (χ3v) is 0.983. The van der Waals surface area contributed by atoms with E-state index in [4.69, 9.17) is 5.73 Å². The molecular weight excluding hydrogens is 154 g/mol. The van der Waals surface area contributed by atoms with E-state index in [9.17, 15) is 4.79 Å². The van der Waals surface area contributed by atoms with Gasteiger partial charge >= 0.3 is 6.03 Å². The summed E-state index contributed by atoms with van der Waals surface area (Å²) >= 11 is 0. The number of hydrogen-bond acceptors (Lipinski definition) is 2. The van der Waals surface area contributed by atoms with Crippen LogP contribution in [-0.4, -0.2) is 11.7 Å². The Morgan fingerprint density at radius 3 is 2.67 bits per heavy atom. The van der Waals surface area contributed by atoms with Crippen LogP contribution in [0.15, 0.2) is 29.4 Å². The number of allylic oxidation sites excluding steroid dienone is 4. The minimum Gasteiger partial charge on any atom is -0.350 e. The second-order valence-electron chi connectivity index (χ2n) is 2.11. The molecule has 0 radical (unpaired) electrons. The van der Waals surface area contributed by atoms with Crippen molar-refractivity contribution in [1.29, 1.82) is 0 Å². The molecule has 0 aliphatic rings. The molecule has 0 spiro atoms. The van der Waals surface area contributed by atoms with Crippen LogP contribution in [0.3, 0.4) is 0 Å². The summed E-state index contributed by atoms with van der Waals surface area (Å²) in [6.07, 6.45) is 7.34. The van der Waals surface area contributed by atoms with Crippen LogP contribution in [0.1, 0.15) is 13.8 Å². The van der Waals surface area contributed by atoms with E-state index in [0.29, 0.717) is 5.71 Å². The lowest BCUT2D eigenvalue weighted by atomic mass is 10.3. The molecule has 0 atom stereocenters. The van der Waals surface area contributed by atoms with Gasteiger partial charge in [-0.3, -0.25) is 0 Å². The van der Waals surface area contributed by atoms with E-state index in [1.165, 1.54) is 0 Å². The first kappa shape index (κ1) is 10.4. The number of hydrazone groups is 1. The minimum atomic E-state index is -0.659. The lowest BCUT2D eigenvalue weighted by molar-refractivity contribution is 0.249. The van der Waals surface area contributed by atoms with Crippen LogP contribution in [0.2, 0.25) is 0 Å². The highest BCUT2D eigenvalue weighted by Gasteiger charge is 1.85. The molecule has 3 N–H and O–H groups in total. The molecule has 0 aromatic rings. The quantitative estimate of drug-likeness (QED) is 0.369. The van der Waals surface area contributed by atoms with Crippen molar-refractivity contribution in [1.82, 2.24) is 5.43 Å². The zero-order valence-electron chi connectivity index (χ0n) is 7.24. The highest BCUT2D eigenvalue weighted by molar-refractivity contribution is 5.93. The lowest BCUT2D eigenvalue weighted by Gasteiger charge is -1.92. The molecule has 0 aliphatic carbocycles. The van der Waals surface area contributed by atoms with Crippen molar-refractivity contribution in [2.45, 2.75) is 13.8 Å². The number of hydrogen-bond donors (Lipinski definition) is 2. The summed E-state index contributed by atoms with van der Waals surface area (Å²) in [5, 5.41) is 3.67. The summed E-state index contributed by atoms with van der Waals surface area (Å²) in [6.45, 7) is 3.68. The Labute approximate surface area is 71.8 Å². The number of urea groups is 1. The second kappa shape index (κ2) is 6.15. The molecule has 0 heterocycles. The van der Waals surface area contributed by atoms with Gasteiger partial charge in [-0.05, 0) is 19.9 Å². The van der Waals surface area contributed by atoms with Gasteiger partial charge in [0.05, 0.1) is 5.71 Å². The summed E-state index contributed by atoms with van der Waals surface area (Å²) in [6, 6.07) is -0.659. The van der Waals surface area contributed by atoms with Crippen LogP contribution in [0.25, 0.3) is 0 Å². The molecule has 0 bridgehead atoms. The van der Waals surface area contributed by atoms with E-state index < -0.39 is 6.03 Å². The predicted molar refractivity (Wildman–Crippen MR) is 49.8 cm³/mol. The van der Waals surface area contributed by atoms with Gasteiger partial charge in [-0.15, -0.1) is 0 Å². The highest BCUT2D eigenvalue weighted by atomic mass is 16.2. The summed E-state index contributed by atoms with van der Waals surface area (Å²) in [4.78, 5) is 10.2. The van der Waals surface area contributed by atoms with Crippen molar-refractivity contribution in [2.24, 2.45) is 10.8 Å².